The summed E-state index contributed by atoms with van der Waals surface area (Å²) >= 11 is 2.05. The molecule has 0 bridgehead atoms. The van der Waals surface area contributed by atoms with E-state index < -0.39 is 0 Å². The van der Waals surface area contributed by atoms with Crippen molar-refractivity contribution in [2.24, 2.45) is 0 Å². The largest absolute Gasteiger partial charge is 0.492 e. The van der Waals surface area contributed by atoms with Crippen molar-refractivity contribution in [3.63, 3.8) is 0 Å². The molecule has 0 unspecified atom stereocenters. The van der Waals surface area contributed by atoms with Crippen LogP contribution in [0.25, 0.3) is 0 Å². The van der Waals surface area contributed by atoms with Gasteiger partial charge < -0.3 is 4.74 Å². The normalized spacial score (nSPS) is 16.7. The van der Waals surface area contributed by atoms with Crippen LogP contribution in [-0.2, 0) is 6.42 Å². The SMILES string of the molecule is CCCc1ccc(OCCN2CCSCC2)cc1. The summed E-state index contributed by atoms with van der Waals surface area (Å²) in [7, 11) is 0. The van der Waals surface area contributed by atoms with E-state index in [0.29, 0.717) is 0 Å². The van der Waals surface area contributed by atoms with E-state index in [1.165, 1.54) is 36.6 Å². The van der Waals surface area contributed by atoms with Crippen molar-refractivity contribution in [1.82, 2.24) is 4.90 Å². The van der Waals surface area contributed by atoms with E-state index in [9.17, 15) is 0 Å². The van der Waals surface area contributed by atoms with Gasteiger partial charge in [0.05, 0.1) is 0 Å². The van der Waals surface area contributed by atoms with E-state index in [1.807, 2.05) is 0 Å². The number of benzene rings is 1. The van der Waals surface area contributed by atoms with Gasteiger partial charge in [-0.15, -0.1) is 0 Å². The summed E-state index contributed by atoms with van der Waals surface area (Å²) in [5.74, 6) is 3.54. The van der Waals surface area contributed by atoms with Crippen molar-refractivity contribution < 1.29 is 4.74 Å². The Kier molecular flexibility index (Phi) is 5.88. The topological polar surface area (TPSA) is 12.5 Å². The van der Waals surface area contributed by atoms with Gasteiger partial charge in [0.1, 0.15) is 12.4 Å². The van der Waals surface area contributed by atoms with Gasteiger partial charge in [-0.3, -0.25) is 4.90 Å². The highest BCUT2D eigenvalue weighted by Crippen LogP contribution is 2.14. The third kappa shape index (κ3) is 4.54. The fourth-order valence-electron chi connectivity index (χ4n) is 2.16. The van der Waals surface area contributed by atoms with Crippen molar-refractivity contribution in [3.8, 4) is 5.75 Å². The summed E-state index contributed by atoms with van der Waals surface area (Å²) in [6, 6.07) is 8.54. The molecule has 2 nitrogen and oxygen atoms in total. The molecule has 0 aliphatic carbocycles. The molecule has 0 radical (unpaired) electrons. The third-order valence-electron chi connectivity index (χ3n) is 3.24. The van der Waals surface area contributed by atoms with Crippen LogP contribution in [0.1, 0.15) is 18.9 Å². The Morgan fingerprint density at radius 1 is 1.17 bits per heavy atom. The molecule has 100 valence electrons. The van der Waals surface area contributed by atoms with Crippen LogP contribution in [0.15, 0.2) is 24.3 Å². The van der Waals surface area contributed by atoms with E-state index >= 15 is 0 Å². The van der Waals surface area contributed by atoms with Gasteiger partial charge in [-0.25, -0.2) is 0 Å². The van der Waals surface area contributed by atoms with Gasteiger partial charge in [0, 0.05) is 31.1 Å². The summed E-state index contributed by atoms with van der Waals surface area (Å²) in [4.78, 5) is 2.49. The van der Waals surface area contributed by atoms with Crippen molar-refractivity contribution in [2.45, 2.75) is 19.8 Å². The average Bonchev–Trinajstić information content (AvgIpc) is 2.42. The lowest BCUT2D eigenvalue weighted by atomic mass is 10.1. The summed E-state index contributed by atoms with van der Waals surface area (Å²) in [6.07, 6.45) is 2.36. The van der Waals surface area contributed by atoms with Crippen LogP contribution in [0.4, 0.5) is 0 Å². The number of thioether (sulfide) groups is 1. The number of aryl methyl sites for hydroxylation is 1. The van der Waals surface area contributed by atoms with Crippen LogP contribution in [0.3, 0.4) is 0 Å². The first kappa shape index (κ1) is 13.8. The zero-order chi connectivity index (χ0) is 12.6. The molecular formula is C15H23NOS. The summed E-state index contributed by atoms with van der Waals surface area (Å²) in [5.41, 5.74) is 1.40. The van der Waals surface area contributed by atoms with Gasteiger partial charge in [0.25, 0.3) is 0 Å². The van der Waals surface area contributed by atoms with Gasteiger partial charge in [-0.05, 0) is 24.1 Å². The second-order valence-electron chi connectivity index (χ2n) is 4.70. The highest BCUT2D eigenvalue weighted by molar-refractivity contribution is 7.99. The molecule has 0 aromatic heterocycles. The number of hydrogen-bond acceptors (Lipinski definition) is 3. The van der Waals surface area contributed by atoms with Gasteiger partial charge in [-0.1, -0.05) is 25.5 Å². The molecule has 1 aromatic rings. The lowest BCUT2D eigenvalue weighted by Crippen LogP contribution is -2.35. The van der Waals surface area contributed by atoms with Crippen molar-refractivity contribution in [1.29, 1.82) is 0 Å². The molecule has 1 aliphatic heterocycles. The number of rotatable bonds is 6. The average molecular weight is 265 g/mol. The monoisotopic (exact) mass is 265 g/mol. The Balaban J connectivity index is 1.69. The number of hydrogen-bond donors (Lipinski definition) is 0. The molecule has 1 heterocycles. The zero-order valence-electron chi connectivity index (χ0n) is 11.2. The maximum Gasteiger partial charge on any atom is 0.119 e. The molecule has 3 heteroatoms. The predicted octanol–water partition coefficient (Wildman–Crippen LogP) is 3.07. The molecule has 0 atom stereocenters. The predicted molar refractivity (Wildman–Crippen MR) is 79.7 cm³/mol. The Hall–Kier alpha value is -0.670. The van der Waals surface area contributed by atoms with E-state index in [-0.39, 0.29) is 0 Å². The third-order valence-corrected chi connectivity index (χ3v) is 4.18. The minimum absolute atomic E-state index is 0.803. The standard InChI is InChI=1S/C15H23NOS/c1-2-3-14-4-6-15(7-5-14)17-11-8-16-9-12-18-13-10-16/h4-7H,2-3,8-13H2,1H3. The van der Waals surface area contributed by atoms with Gasteiger partial charge in [0.15, 0.2) is 0 Å². The number of nitrogens with zero attached hydrogens (tertiary/aromatic N) is 1. The molecule has 0 N–H and O–H groups in total. The quantitative estimate of drug-likeness (QED) is 0.784. The minimum atomic E-state index is 0.803. The molecule has 1 aliphatic rings. The zero-order valence-corrected chi connectivity index (χ0v) is 12.0. The van der Waals surface area contributed by atoms with E-state index in [1.54, 1.807) is 0 Å². The van der Waals surface area contributed by atoms with Crippen molar-refractivity contribution >= 4 is 11.8 Å². The fourth-order valence-corrected chi connectivity index (χ4v) is 3.14. The fraction of sp³-hybridized carbons (Fsp3) is 0.600. The first-order chi connectivity index (χ1) is 8.88. The second-order valence-corrected chi connectivity index (χ2v) is 5.92. The van der Waals surface area contributed by atoms with Gasteiger partial charge in [-0.2, -0.15) is 11.8 Å². The van der Waals surface area contributed by atoms with Crippen LogP contribution < -0.4 is 4.74 Å². The Bertz CT molecular complexity index is 333. The maximum absolute atomic E-state index is 5.79. The summed E-state index contributed by atoms with van der Waals surface area (Å²) in [5, 5.41) is 0. The molecule has 1 saturated heterocycles. The van der Waals surface area contributed by atoms with Crippen molar-refractivity contribution in [3.05, 3.63) is 29.8 Å². The molecule has 1 aromatic carbocycles. The van der Waals surface area contributed by atoms with Crippen LogP contribution in [0, 0.1) is 0 Å². The highest BCUT2D eigenvalue weighted by Gasteiger charge is 2.09. The second kappa shape index (κ2) is 7.70. The van der Waals surface area contributed by atoms with E-state index in [0.717, 1.165) is 25.3 Å². The smallest absolute Gasteiger partial charge is 0.119 e. The lowest BCUT2D eigenvalue weighted by Gasteiger charge is -2.25. The Morgan fingerprint density at radius 2 is 1.89 bits per heavy atom. The minimum Gasteiger partial charge on any atom is -0.492 e. The Morgan fingerprint density at radius 3 is 2.56 bits per heavy atom. The first-order valence-corrected chi connectivity index (χ1v) is 8.06. The van der Waals surface area contributed by atoms with Crippen LogP contribution in [0.5, 0.6) is 5.75 Å². The molecule has 0 spiro atoms. The lowest BCUT2D eigenvalue weighted by molar-refractivity contribution is 0.222. The number of ether oxygens (including phenoxy) is 1. The van der Waals surface area contributed by atoms with Gasteiger partial charge >= 0.3 is 0 Å². The summed E-state index contributed by atoms with van der Waals surface area (Å²) < 4.78 is 5.79. The van der Waals surface area contributed by atoms with Crippen LogP contribution in [0.2, 0.25) is 0 Å². The van der Waals surface area contributed by atoms with Crippen molar-refractivity contribution in [2.75, 3.05) is 37.7 Å². The summed E-state index contributed by atoms with van der Waals surface area (Å²) in [6.45, 7) is 6.49. The molecule has 0 saturated carbocycles. The van der Waals surface area contributed by atoms with E-state index in [4.69, 9.17) is 4.74 Å². The first-order valence-electron chi connectivity index (χ1n) is 6.90. The van der Waals surface area contributed by atoms with E-state index in [2.05, 4.69) is 47.9 Å². The maximum atomic E-state index is 5.79. The molecule has 0 amide bonds. The van der Waals surface area contributed by atoms with Gasteiger partial charge in [0.2, 0.25) is 0 Å². The molecular weight excluding hydrogens is 242 g/mol. The van der Waals surface area contributed by atoms with Crippen LogP contribution in [-0.4, -0.2) is 42.6 Å². The van der Waals surface area contributed by atoms with Crippen LogP contribution >= 0.6 is 11.8 Å². The molecule has 1 fully saturated rings. The molecule has 2 rings (SSSR count). The molecule has 18 heavy (non-hydrogen) atoms. The highest BCUT2D eigenvalue weighted by atomic mass is 32.2. The Labute approximate surface area is 115 Å².